The SMILES string of the molecule is CC(C)NC(=O)C[C@@H]1CN(Cc2cnccn2)[C@@H]2CO[C@@H](CC(=O)N3CCCC3)[C@H]12. The molecule has 4 heterocycles. The molecule has 4 atom stereocenters. The molecule has 1 aromatic rings. The smallest absolute Gasteiger partial charge is 0.225 e. The van der Waals surface area contributed by atoms with Crippen molar-refractivity contribution in [3.8, 4) is 0 Å². The molecular formula is C22H33N5O3. The van der Waals surface area contributed by atoms with Gasteiger partial charge in [0.15, 0.2) is 0 Å². The fourth-order valence-corrected chi connectivity index (χ4v) is 5.30. The van der Waals surface area contributed by atoms with Gasteiger partial charge in [-0.1, -0.05) is 0 Å². The molecule has 0 aliphatic carbocycles. The zero-order valence-electron chi connectivity index (χ0n) is 18.0. The van der Waals surface area contributed by atoms with Gasteiger partial charge in [-0.3, -0.25) is 24.5 Å². The summed E-state index contributed by atoms with van der Waals surface area (Å²) in [4.78, 5) is 38.2. The lowest BCUT2D eigenvalue weighted by Gasteiger charge is -2.25. The van der Waals surface area contributed by atoms with Crippen LogP contribution in [0.25, 0.3) is 0 Å². The van der Waals surface area contributed by atoms with Crippen molar-refractivity contribution in [3.05, 3.63) is 24.3 Å². The molecular weight excluding hydrogens is 382 g/mol. The third-order valence-corrected chi connectivity index (χ3v) is 6.55. The van der Waals surface area contributed by atoms with Gasteiger partial charge in [-0.15, -0.1) is 0 Å². The molecule has 0 unspecified atom stereocenters. The van der Waals surface area contributed by atoms with Crippen LogP contribution in [0.15, 0.2) is 18.6 Å². The topological polar surface area (TPSA) is 87.7 Å². The van der Waals surface area contributed by atoms with Crippen molar-refractivity contribution >= 4 is 11.8 Å². The van der Waals surface area contributed by atoms with Gasteiger partial charge >= 0.3 is 0 Å². The monoisotopic (exact) mass is 415 g/mol. The Balaban J connectivity index is 1.47. The highest BCUT2D eigenvalue weighted by Gasteiger charge is 2.51. The van der Waals surface area contributed by atoms with Crippen LogP contribution in [0.1, 0.15) is 45.2 Å². The zero-order valence-corrected chi connectivity index (χ0v) is 18.0. The number of hydrogen-bond donors (Lipinski definition) is 1. The maximum absolute atomic E-state index is 12.8. The number of amides is 2. The second-order valence-electron chi connectivity index (χ2n) is 9.12. The number of nitrogens with zero attached hydrogens (tertiary/aromatic N) is 4. The predicted molar refractivity (Wildman–Crippen MR) is 111 cm³/mol. The first-order chi connectivity index (χ1) is 14.5. The summed E-state index contributed by atoms with van der Waals surface area (Å²) < 4.78 is 6.15. The molecule has 3 aliphatic rings. The summed E-state index contributed by atoms with van der Waals surface area (Å²) in [6.07, 6.45) is 8.12. The first-order valence-electron chi connectivity index (χ1n) is 11.2. The summed E-state index contributed by atoms with van der Waals surface area (Å²) >= 11 is 0. The van der Waals surface area contributed by atoms with Gasteiger partial charge in [0, 0.05) is 69.2 Å². The van der Waals surface area contributed by atoms with Crippen molar-refractivity contribution in [2.45, 2.75) is 64.3 Å². The number of carbonyl (C=O) groups is 2. The third-order valence-electron chi connectivity index (χ3n) is 6.55. The lowest BCUT2D eigenvalue weighted by atomic mass is 9.84. The van der Waals surface area contributed by atoms with E-state index in [4.69, 9.17) is 4.74 Å². The average Bonchev–Trinajstić information content (AvgIpc) is 3.43. The molecule has 3 fully saturated rings. The molecule has 0 spiro atoms. The van der Waals surface area contributed by atoms with Crippen LogP contribution in [0, 0.1) is 11.8 Å². The molecule has 30 heavy (non-hydrogen) atoms. The predicted octanol–water partition coefficient (Wildman–Crippen LogP) is 1.22. The van der Waals surface area contributed by atoms with E-state index in [1.165, 1.54) is 0 Å². The Labute approximate surface area is 178 Å². The highest BCUT2D eigenvalue weighted by atomic mass is 16.5. The molecule has 0 radical (unpaired) electrons. The van der Waals surface area contributed by atoms with Crippen molar-refractivity contribution in [2.24, 2.45) is 11.8 Å². The van der Waals surface area contributed by atoms with Crippen molar-refractivity contribution in [3.63, 3.8) is 0 Å². The number of ether oxygens (including phenoxy) is 1. The van der Waals surface area contributed by atoms with Crippen LogP contribution in [0.4, 0.5) is 0 Å². The summed E-state index contributed by atoms with van der Waals surface area (Å²) in [5, 5.41) is 3.02. The van der Waals surface area contributed by atoms with Gasteiger partial charge in [-0.2, -0.15) is 0 Å². The van der Waals surface area contributed by atoms with E-state index in [9.17, 15) is 9.59 Å². The number of nitrogens with one attached hydrogen (secondary N) is 1. The van der Waals surface area contributed by atoms with Crippen LogP contribution < -0.4 is 5.32 Å². The standard InChI is InChI=1S/C22H33N5O3/c1-15(2)25-20(28)9-16-12-27(13-17-11-23-5-6-24-17)18-14-30-19(22(16)18)10-21(29)26-7-3-4-8-26/h5-6,11,15-16,18-19,22H,3-4,7-10,12-14H2,1-2H3,(H,25,28)/t16-,18-,19+,22-/m1/s1. The molecule has 1 aromatic heterocycles. The summed E-state index contributed by atoms with van der Waals surface area (Å²) in [6, 6.07) is 0.331. The van der Waals surface area contributed by atoms with Gasteiger partial charge in [-0.05, 0) is 32.6 Å². The average molecular weight is 416 g/mol. The minimum Gasteiger partial charge on any atom is -0.376 e. The van der Waals surface area contributed by atoms with Crippen molar-refractivity contribution in [1.29, 1.82) is 0 Å². The fourth-order valence-electron chi connectivity index (χ4n) is 5.30. The Morgan fingerprint density at radius 2 is 2.03 bits per heavy atom. The first-order valence-corrected chi connectivity index (χ1v) is 11.2. The quantitative estimate of drug-likeness (QED) is 0.721. The molecule has 0 bridgehead atoms. The molecule has 164 valence electrons. The number of aromatic nitrogens is 2. The van der Waals surface area contributed by atoms with Crippen LogP contribution in [-0.4, -0.2) is 76.0 Å². The van der Waals surface area contributed by atoms with Gasteiger partial charge in [0.25, 0.3) is 0 Å². The van der Waals surface area contributed by atoms with E-state index in [-0.39, 0.29) is 41.8 Å². The van der Waals surface area contributed by atoms with E-state index in [2.05, 4.69) is 20.2 Å². The Kier molecular flexibility index (Phi) is 6.63. The van der Waals surface area contributed by atoms with Gasteiger partial charge in [0.2, 0.25) is 11.8 Å². The second kappa shape index (κ2) is 9.39. The Hall–Kier alpha value is -2.06. The van der Waals surface area contributed by atoms with Gasteiger partial charge < -0.3 is 15.0 Å². The Bertz CT molecular complexity index is 738. The van der Waals surface area contributed by atoms with Crippen LogP contribution in [0.2, 0.25) is 0 Å². The van der Waals surface area contributed by atoms with E-state index in [0.717, 1.165) is 38.2 Å². The summed E-state index contributed by atoms with van der Waals surface area (Å²) in [7, 11) is 0. The highest BCUT2D eigenvalue weighted by Crippen LogP contribution is 2.42. The second-order valence-corrected chi connectivity index (χ2v) is 9.12. The largest absolute Gasteiger partial charge is 0.376 e. The molecule has 4 rings (SSSR count). The first kappa shape index (κ1) is 21.2. The zero-order chi connectivity index (χ0) is 21.1. The lowest BCUT2D eigenvalue weighted by Crippen LogP contribution is -2.37. The summed E-state index contributed by atoms with van der Waals surface area (Å²) in [5.41, 5.74) is 0.917. The van der Waals surface area contributed by atoms with Crippen LogP contribution in [-0.2, 0) is 20.9 Å². The van der Waals surface area contributed by atoms with Crippen LogP contribution in [0.5, 0.6) is 0 Å². The minimum atomic E-state index is -0.119. The van der Waals surface area contributed by atoms with Crippen molar-refractivity contribution in [1.82, 2.24) is 25.1 Å². The molecule has 3 aliphatic heterocycles. The van der Waals surface area contributed by atoms with Gasteiger partial charge in [-0.25, -0.2) is 0 Å². The molecule has 8 nitrogen and oxygen atoms in total. The summed E-state index contributed by atoms with van der Waals surface area (Å²) in [5.74, 6) is 0.623. The normalized spacial score (nSPS) is 28.8. The molecule has 0 saturated carbocycles. The van der Waals surface area contributed by atoms with Gasteiger partial charge in [0.05, 0.1) is 24.8 Å². The molecule has 8 heteroatoms. The van der Waals surface area contributed by atoms with Crippen LogP contribution in [0.3, 0.4) is 0 Å². The Morgan fingerprint density at radius 1 is 1.23 bits per heavy atom. The fraction of sp³-hybridized carbons (Fsp3) is 0.727. The maximum atomic E-state index is 12.8. The summed E-state index contributed by atoms with van der Waals surface area (Å²) in [6.45, 7) is 7.78. The third kappa shape index (κ3) is 4.81. The highest BCUT2D eigenvalue weighted by molar-refractivity contribution is 5.77. The number of fused-ring (bicyclic) bond motifs is 1. The number of carbonyl (C=O) groups excluding carboxylic acids is 2. The lowest BCUT2D eigenvalue weighted by molar-refractivity contribution is -0.133. The molecule has 0 aromatic carbocycles. The number of hydrogen-bond acceptors (Lipinski definition) is 6. The van der Waals surface area contributed by atoms with E-state index in [1.807, 2.05) is 18.7 Å². The van der Waals surface area contributed by atoms with E-state index < -0.39 is 0 Å². The number of rotatable bonds is 7. The molecule has 1 N–H and O–H groups in total. The van der Waals surface area contributed by atoms with Crippen molar-refractivity contribution < 1.29 is 14.3 Å². The van der Waals surface area contributed by atoms with Crippen LogP contribution >= 0.6 is 0 Å². The molecule has 2 amide bonds. The molecule has 3 saturated heterocycles. The van der Waals surface area contributed by atoms with Gasteiger partial charge in [0.1, 0.15) is 0 Å². The minimum absolute atomic E-state index is 0.0756. The van der Waals surface area contributed by atoms with E-state index in [1.54, 1.807) is 18.6 Å². The maximum Gasteiger partial charge on any atom is 0.225 e. The van der Waals surface area contributed by atoms with E-state index >= 15 is 0 Å². The van der Waals surface area contributed by atoms with Crippen molar-refractivity contribution in [2.75, 3.05) is 26.2 Å². The van der Waals surface area contributed by atoms with E-state index in [0.29, 0.717) is 26.0 Å². The number of likely N-dealkylation sites (tertiary alicyclic amines) is 2. The Morgan fingerprint density at radius 3 is 2.73 bits per heavy atom.